The van der Waals surface area contributed by atoms with Crippen LogP contribution in [-0.4, -0.2) is 85.2 Å². The average Bonchev–Trinajstić information content (AvgIpc) is 2.67. The first-order valence-electron chi connectivity index (χ1n) is 9.82. The number of carboxylic acids is 1. The first-order valence-corrected chi connectivity index (χ1v) is 9.82. The number of rotatable bonds is 5. The molecule has 0 bridgehead atoms. The van der Waals surface area contributed by atoms with Gasteiger partial charge >= 0.3 is 5.97 Å². The van der Waals surface area contributed by atoms with E-state index in [1.165, 1.54) is 12.8 Å². The number of nitrogens with one attached hydrogen (secondary N) is 2. The van der Waals surface area contributed by atoms with Crippen molar-refractivity contribution in [3.8, 4) is 0 Å². The predicted octanol–water partition coefficient (Wildman–Crippen LogP) is 0.817. The molecule has 1 amide bonds. The first kappa shape index (κ1) is 24.4. The lowest BCUT2D eigenvalue weighted by molar-refractivity contribution is -0.153. The normalized spacial score (nSPS) is 23.8. The van der Waals surface area contributed by atoms with Gasteiger partial charge in [-0.2, -0.15) is 0 Å². The van der Waals surface area contributed by atoms with Crippen molar-refractivity contribution in [2.45, 2.75) is 38.1 Å². The van der Waals surface area contributed by atoms with E-state index in [0.29, 0.717) is 31.5 Å². The monoisotopic (exact) mass is 424 g/mol. The molecule has 3 fully saturated rings. The Labute approximate surface area is 174 Å². The van der Waals surface area contributed by atoms with Gasteiger partial charge in [-0.05, 0) is 64.2 Å². The minimum Gasteiger partial charge on any atom is -0.481 e. The Morgan fingerprint density at radius 1 is 0.889 bits per heavy atom. The molecule has 9 heteroatoms. The van der Waals surface area contributed by atoms with E-state index in [2.05, 4.69) is 15.5 Å². The molecule has 3 N–H and O–H groups in total. The van der Waals surface area contributed by atoms with Crippen molar-refractivity contribution < 1.29 is 14.7 Å². The standard InChI is InChI=1S/C18H32N4O3.2ClH/c23-17(16(18(24)25)13-14-1-5-19-6-2-14)22-11-9-21(10-12-22)15-3-7-20-8-4-15;;/h14-16,19-20H,1-13H2,(H,24,25);2*1H. The third kappa shape index (κ3) is 6.75. The van der Waals surface area contributed by atoms with Gasteiger partial charge in [0.15, 0.2) is 0 Å². The molecule has 0 aliphatic carbocycles. The number of amides is 1. The van der Waals surface area contributed by atoms with Crippen LogP contribution in [0.25, 0.3) is 0 Å². The summed E-state index contributed by atoms with van der Waals surface area (Å²) >= 11 is 0. The number of piperidine rings is 2. The molecule has 3 aliphatic rings. The largest absolute Gasteiger partial charge is 0.481 e. The number of carbonyl (C=O) groups is 2. The van der Waals surface area contributed by atoms with Crippen LogP contribution >= 0.6 is 24.8 Å². The molecule has 3 rings (SSSR count). The Morgan fingerprint density at radius 2 is 1.41 bits per heavy atom. The number of carbonyl (C=O) groups excluding carboxylic acids is 1. The lowest BCUT2D eigenvalue weighted by Gasteiger charge is -2.41. The first-order chi connectivity index (χ1) is 12.1. The molecule has 3 heterocycles. The molecule has 0 aromatic carbocycles. The fourth-order valence-corrected chi connectivity index (χ4v) is 4.46. The van der Waals surface area contributed by atoms with Crippen LogP contribution in [0.4, 0.5) is 0 Å². The Bertz CT molecular complexity index is 464. The minimum absolute atomic E-state index is 0. The number of nitrogens with zero attached hydrogens (tertiary/aromatic N) is 2. The van der Waals surface area contributed by atoms with E-state index >= 15 is 0 Å². The van der Waals surface area contributed by atoms with Crippen LogP contribution in [0, 0.1) is 11.8 Å². The second-order valence-corrected chi connectivity index (χ2v) is 7.66. The van der Waals surface area contributed by atoms with E-state index in [9.17, 15) is 14.7 Å². The number of halogens is 2. The second-order valence-electron chi connectivity index (χ2n) is 7.66. The summed E-state index contributed by atoms with van der Waals surface area (Å²) in [6, 6.07) is 0.614. The fraction of sp³-hybridized carbons (Fsp3) is 0.889. The molecule has 0 radical (unpaired) electrons. The summed E-state index contributed by atoms with van der Waals surface area (Å²) in [5.41, 5.74) is 0. The number of hydrogen-bond acceptors (Lipinski definition) is 5. The van der Waals surface area contributed by atoms with Gasteiger partial charge in [-0.15, -0.1) is 24.8 Å². The summed E-state index contributed by atoms with van der Waals surface area (Å²) in [6.07, 6.45) is 4.77. The van der Waals surface area contributed by atoms with E-state index in [1.807, 2.05) is 0 Å². The van der Waals surface area contributed by atoms with Crippen molar-refractivity contribution in [3.63, 3.8) is 0 Å². The summed E-state index contributed by atoms with van der Waals surface area (Å²) in [5, 5.41) is 16.3. The van der Waals surface area contributed by atoms with Crippen molar-refractivity contribution in [2.75, 3.05) is 52.4 Å². The summed E-state index contributed by atoms with van der Waals surface area (Å²) < 4.78 is 0. The van der Waals surface area contributed by atoms with Gasteiger partial charge in [0.1, 0.15) is 5.92 Å². The molecular weight excluding hydrogens is 391 g/mol. The van der Waals surface area contributed by atoms with Crippen LogP contribution in [0.2, 0.25) is 0 Å². The van der Waals surface area contributed by atoms with Gasteiger partial charge in [-0.1, -0.05) is 0 Å². The van der Waals surface area contributed by atoms with Crippen molar-refractivity contribution in [1.82, 2.24) is 20.4 Å². The zero-order chi connectivity index (χ0) is 17.6. The zero-order valence-electron chi connectivity index (χ0n) is 15.9. The van der Waals surface area contributed by atoms with Crippen molar-refractivity contribution in [3.05, 3.63) is 0 Å². The predicted molar refractivity (Wildman–Crippen MR) is 110 cm³/mol. The van der Waals surface area contributed by atoms with Crippen LogP contribution < -0.4 is 10.6 Å². The van der Waals surface area contributed by atoms with Gasteiger partial charge < -0.3 is 20.6 Å². The molecule has 3 aliphatic heterocycles. The molecule has 0 aromatic rings. The van der Waals surface area contributed by atoms with E-state index in [0.717, 1.165) is 52.1 Å². The van der Waals surface area contributed by atoms with E-state index in [1.54, 1.807) is 4.90 Å². The van der Waals surface area contributed by atoms with Crippen molar-refractivity contribution in [1.29, 1.82) is 0 Å². The van der Waals surface area contributed by atoms with Crippen molar-refractivity contribution >= 4 is 36.7 Å². The molecule has 3 saturated heterocycles. The SMILES string of the molecule is Cl.Cl.O=C(O)C(CC1CCNCC1)C(=O)N1CCN(C2CCNCC2)CC1. The van der Waals surface area contributed by atoms with Gasteiger partial charge in [0, 0.05) is 32.2 Å². The second kappa shape index (κ2) is 12.1. The molecule has 27 heavy (non-hydrogen) atoms. The van der Waals surface area contributed by atoms with E-state index in [-0.39, 0.29) is 30.7 Å². The highest BCUT2D eigenvalue weighted by Gasteiger charge is 2.35. The van der Waals surface area contributed by atoms with Gasteiger partial charge in [0.25, 0.3) is 0 Å². The lowest BCUT2D eigenvalue weighted by atomic mass is 9.87. The molecule has 0 saturated carbocycles. The maximum atomic E-state index is 12.8. The van der Waals surface area contributed by atoms with Crippen LogP contribution in [0.15, 0.2) is 0 Å². The molecule has 0 spiro atoms. The quantitative estimate of drug-likeness (QED) is 0.566. The van der Waals surface area contributed by atoms with E-state index in [4.69, 9.17) is 0 Å². The molecule has 1 atom stereocenters. The zero-order valence-corrected chi connectivity index (χ0v) is 17.5. The number of piperazine rings is 1. The van der Waals surface area contributed by atoms with Gasteiger partial charge in [-0.3, -0.25) is 14.5 Å². The summed E-state index contributed by atoms with van der Waals surface area (Å²) in [7, 11) is 0. The highest BCUT2D eigenvalue weighted by Crippen LogP contribution is 2.24. The highest BCUT2D eigenvalue weighted by molar-refractivity contribution is 5.97. The number of carboxylic acid groups (broad SMARTS) is 1. The smallest absolute Gasteiger partial charge is 0.316 e. The Balaban J connectivity index is 0.00000182. The molecule has 0 aromatic heterocycles. The van der Waals surface area contributed by atoms with Crippen molar-refractivity contribution in [2.24, 2.45) is 11.8 Å². The molecule has 1 unspecified atom stereocenters. The maximum Gasteiger partial charge on any atom is 0.316 e. The minimum atomic E-state index is -0.954. The van der Waals surface area contributed by atoms with Crippen LogP contribution in [0.3, 0.4) is 0 Å². The molecule has 158 valence electrons. The fourth-order valence-electron chi connectivity index (χ4n) is 4.46. The van der Waals surface area contributed by atoms with Crippen LogP contribution in [0.1, 0.15) is 32.1 Å². The maximum absolute atomic E-state index is 12.8. The molecular formula is C18H34Cl2N4O3. The topological polar surface area (TPSA) is 84.9 Å². The number of hydrogen-bond donors (Lipinski definition) is 3. The summed E-state index contributed by atoms with van der Waals surface area (Å²) in [5.74, 6) is -1.64. The van der Waals surface area contributed by atoms with Crippen LogP contribution in [0.5, 0.6) is 0 Å². The van der Waals surface area contributed by atoms with Crippen LogP contribution in [-0.2, 0) is 9.59 Å². The van der Waals surface area contributed by atoms with Gasteiger partial charge in [-0.25, -0.2) is 0 Å². The lowest BCUT2D eigenvalue weighted by Crippen LogP contribution is -2.55. The average molecular weight is 425 g/mol. The summed E-state index contributed by atoms with van der Waals surface area (Å²) in [6.45, 7) is 7.08. The van der Waals surface area contributed by atoms with Gasteiger partial charge in [0.2, 0.25) is 5.91 Å². The Morgan fingerprint density at radius 3 is 1.93 bits per heavy atom. The highest BCUT2D eigenvalue weighted by atomic mass is 35.5. The Hall–Kier alpha value is -0.600. The Kier molecular flexibility index (Phi) is 10.9. The third-order valence-electron chi connectivity index (χ3n) is 6.07. The third-order valence-corrected chi connectivity index (χ3v) is 6.07. The van der Waals surface area contributed by atoms with Gasteiger partial charge in [0.05, 0.1) is 0 Å². The van der Waals surface area contributed by atoms with E-state index < -0.39 is 11.9 Å². The molecule has 7 nitrogen and oxygen atoms in total. The summed E-state index contributed by atoms with van der Waals surface area (Å²) in [4.78, 5) is 28.8. The number of aliphatic carboxylic acids is 1.